The summed E-state index contributed by atoms with van der Waals surface area (Å²) in [5, 5.41) is 2.77. The van der Waals surface area contributed by atoms with Gasteiger partial charge in [-0.1, -0.05) is 39.0 Å². The summed E-state index contributed by atoms with van der Waals surface area (Å²) < 4.78 is 37.2. The van der Waals surface area contributed by atoms with Crippen LogP contribution in [0.4, 0.5) is 5.69 Å². The van der Waals surface area contributed by atoms with Crippen LogP contribution in [0.15, 0.2) is 48.5 Å². The van der Waals surface area contributed by atoms with Gasteiger partial charge >= 0.3 is 0 Å². The molecule has 2 rings (SSSR count). The maximum Gasteiger partial charge on any atom is 0.243 e. The van der Waals surface area contributed by atoms with Crippen LogP contribution in [-0.2, 0) is 20.2 Å². The first kappa shape index (κ1) is 25.5. The first-order chi connectivity index (χ1) is 14.9. The molecule has 0 radical (unpaired) electrons. The minimum absolute atomic E-state index is 0.0674. The number of ether oxygens (including phenoxy) is 2. The third-order valence-electron chi connectivity index (χ3n) is 4.84. The van der Waals surface area contributed by atoms with Crippen molar-refractivity contribution in [1.29, 1.82) is 0 Å². The van der Waals surface area contributed by atoms with Gasteiger partial charge in [0.15, 0.2) is 0 Å². The highest BCUT2D eigenvalue weighted by atomic mass is 32.2. The number of nitrogens with one attached hydrogen (secondary N) is 1. The summed E-state index contributed by atoms with van der Waals surface area (Å²) in [4.78, 5) is 12.7. The smallest absolute Gasteiger partial charge is 0.243 e. The third-order valence-corrected chi connectivity index (χ3v) is 6.09. The Bertz CT molecular complexity index is 998. The van der Waals surface area contributed by atoms with Gasteiger partial charge in [0.1, 0.15) is 24.1 Å². The number of carbonyl (C=O) groups is 1. The van der Waals surface area contributed by atoms with Crippen LogP contribution >= 0.6 is 0 Å². The topological polar surface area (TPSA) is 84.9 Å². The van der Waals surface area contributed by atoms with E-state index in [-0.39, 0.29) is 18.6 Å². The molecule has 0 aliphatic heterocycles. The normalized spacial score (nSPS) is 12.7. The van der Waals surface area contributed by atoms with Gasteiger partial charge in [-0.3, -0.25) is 9.10 Å². The predicted molar refractivity (Wildman–Crippen MR) is 128 cm³/mol. The van der Waals surface area contributed by atoms with Gasteiger partial charge in [0, 0.05) is 0 Å². The van der Waals surface area contributed by atoms with Gasteiger partial charge in [-0.05, 0) is 55.2 Å². The van der Waals surface area contributed by atoms with Crippen LogP contribution in [0.25, 0.3) is 0 Å². The molecule has 0 bridgehead atoms. The average molecular weight is 463 g/mol. The van der Waals surface area contributed by atoms with Gasteiger partial charge in [-0.15, -0.1) is 0 Å². The summed E-state index contributed by atoms with van der Waals surface area (Å²) in [6.45, 7) is 10.8. The number of amides is 1. The molecule has 0 heterocycles. The Labute approximate surface area is 191 Å². The van der Waals surface area contributed by atoms with E-state index in [0.29, 0.717) is 18.0 Å². The van der Waals surface area contributed by atoms with Gasteiger partial charge in [0.05, 0.1) is 25.1 Å². The van der Waals surface area contributed by atoms with E-state index in [1.807, 2.05) is 31.2 Å². The molecule has 2 aromatic carbocycles. The molecule has 0 unspecified atom stereocenters. The van der Waals surface area contributed by atoms with Gasteiger partial charge < -0.3 is 14.8 Å². The Morgan fingerprint density at radius 2 is 1.69 bits per heavy atom. The van der Waals surface area contributed by atoms with Crippen LogP contribution in [0.3, 0.4) is 0 Å². The second kappa shape index (κ2) is 10.7. The fourth-order valence-corrected chi connectivity index (χ4v) is 4.53. The number of nitrogens with zero attached hydrogens (tertiary/aromatic N) is 1. The molecule has 32 heavy (non-hydrogen) atoms. The molecule has 0 aromatic heterocycles. The van der Waals surface area contributed by atoms with E-state index in [4.69, 9.17) is 9.47 Å². The molecule has 0 fully saturated rings. The van der Waals surface area contributed by atoms with E-state index in [1.54, 1.807) is 31.2 Å². The van der Waals surface area contributed by atoms with E-state index in [9.17, 15) is 13.2 Å². The van der Waals surface area contributed by atoms with Crippen molar-refractivity contribution in [2.24, 2.45) is 0 Å². The molecule has 7 nitrogen and oxygen atoms in total. The molecule has 8 heteroatoms. The lowest BCUT2D eigenvalue weighted by Gasteiger charge is -2.28. The highest BCUT2D eigenvalue weighted by Crippen LogP contribution is 2.30. The van der Waals surface area contributed by atoms with Crippen LogP contribution in [0.2, 0.25) is 0 Å². The Morgan fingerprint density at radius 3 is 2.25 bits per heavy atom. The average Bonchev–Trinajstić information content (AvgIpc) is 2.71. The lowest BCUT2D eigenvalue weighted by atomic mass is 9.86. The molecule has 2 aromatic rings. The van der Waals surface area contributed by atoms with Crippen molar-refractivity contribution < 1.29 is 22.7 Å². The van der Waals surface area contributed by atoms with Crippen LogP contribution in [0.5, 0.6) is 11.5 Å². The molecule has 0 saturated heterocycles. The number of para-hydroxylation sites is 1. The molecule has 0 aliphatic carbocycles. The van der Waals surface area contributed by atoms with E-state index < -0.39 is 22.0 Å². The van der Waals surface area contributed by atoms with Crippen LogP contribution in [0.1, 0.15) is 40.2 Å². The molecule has 1 amide bonds. The lowest BCUT2D eigenvalue weighted by Crippen LogP contribution is -2.48. The zero-order chi connectivity index (χ0) is 23.9. The zero-order valence-corrected chi connectivity index (χ0v) is 20.5. The van der Waals surface area contributed by atoms with Crippen LogP contribution in [0, 0.1) is 0 Å². The highest BCUT2D eigenvalue weighted by molar-refractivity contribution is 7.92. The van der Waals surface area contributed by atoms with Crippen molar-refractivity contribution >= 4 is 21.6 Å². The van der Waals surface area contributed by atoms with Crippen molar-refractivity contribution in [3.63, 3.8) is 0 Å². The molecule has 1 N–H and O–H groups in total. The lowest BCUT2D eigenvalue weighted by molar-refractivity contribution is -0.121. The monoisotopic (exact) mass is 462 g/mol. The summed E-state index contributed by atoms with van der Waals surface area (Å²) in [6, 6.07) is 13.5. The fraction of sp³-hybridized carbons (Fsp3) is 0.458. The number of rotatable bonds is 10. The number of anilines is 1. The Morgan fingerprint density at radius 1 is 1.06 bits per heavy atom. The van der Waals surface area contributed by atoms with E-state index >= 15 is 0 Å². The summed E-state index contributed by atoms with van der Waals surface area (Å²) in [7, 11) is -3.68. The quantitative estimate of drug-likeness (QED) is 0.544. The van der Waals surface area contributed by atoms with E-state index in [0.717, 1.165) is 21.9 Å². The minimum Gasteiger partial charge on any atom is -0.494 e. The number of hydrogen-bond donors (Lipinski definition) is 1. The maximum absolute atomic E-state index is 12.7. The summed E-state index contributed by atoms with van der Waals surface area (Å²) in [5.74, 6) is 1.00. The Balaban J connectivity index is 2.02. The van der Waals surface area contributed by atoms with Gasteiger partial charge in [0.25, 0.3) is 0 Å². The number of sulfonamides is 1. The van der Waals surface area contributed by atoms with Crippen molar-refractivity contribution in [3.8, 4) is 11.5 Å². The molecular weight excluding hydrogens is 428 g/mol. The van der Waals surface area contributed by atoms with Crippen molar-refractivity contribution in [1.82, 2.24) is 5.32 Å². The summed E-state index contributed by atoms with van der Waals surface area (Å²) in [6.07, 6.45) is 1.08. The molecule has 1 atom stereocenters. The zero-order valence-electron chi connectivity index (χ0n) is 19.7. The molecular formula is C24H34N2O5S. The first-order valence-electron chi connectivity index (χ1n) is 10.7. The van der Waals surface area contributed by atoms with Gasteiger partial charge in [0.2, 0.25) is 15.9 Å². The van der Waals surface area contributed by atoms with Crippen molar-refractivity contribution in [3.05, 3.63) is 54.1 Å². The Hall–Kier alpha value is -2.74. The number of carbonyl (C=O) groups excluding carboxylic acids is 1. The second-order valence-corrected chi connectivity index (χ2v) is 10.4. The van der Waals surface area contributed by atoms with Crippen LogP contribution in [-0.4, -0.2) is 46.4 Å². The third kappa shape index (κ3) is 6.88. The second-order valence-electron chi connectivity index (χ2n) is 8.55. The summed E-state index contributed by atoms with van der Waals surface area (Å²) >= 11 is 0. The Kier molecular flexibility index (Phi) is 8.55. The largest absolute Gasteiger partial charge is 0.494 e. The number of benzene rings is 2. The maximum atomic E-state index is 12.7. The van der Waals surface area contributed by atoms with Crippen molar-refractivity contribution in [2.45, 2.75) is 46.1 Å². The molecule has 176 valence electrons. The van der Waals surface area contributed by atoms with Crippen LogP contribution < -0.4 is 19.1 Å². The van der Waals surface area contributed by atoms with E-state index in [2.05, 4.69) is 26.1 Å². The highest BCUT2D eigenvalue weighted by Gasteiger charge is 2.29. The standard InChI is InChI=1S/C24H34N2O5S/c1-7-30-20-14-12-19(13-15-20)26(32(6,28)29)18(2)23(27)25-16-17-31-22-11-9-8-10-21(22)24(3,4)5/h8-15,18H,7,16-17H2,1-6H3,(H,25,27)/t18-/m1/s1. The van der Waals surface area contributed by atoms with E-state index in [1.165, 1.54) is 0 Å². The van der Waals surface area contributed by atoms with Gasteiger partial charge in [-0.25, -0.2) is 8.42 Å². The molecule has 0 saturated carbocycles. The fourth-order valence-electron chi connectivity index (χ4n) is 3.36. The SMILES string of the molecule is CCOc1ccc(N([C@H](C)C(=O)NCCOc2ccccc2C(C)(C)C)S(C)(=O)=O)cc1. The summed E-state index contributed by atoms with van der Waals surface area (Å²) in [5.41, 5.74) is 1.41. The predicted octanol–water partition coefficient (Wildman–Crippen LogP) is 3.73. The van der Waals surface area contributed by atoms with Gasteiger partial charge in [-0.2, -0.15) is 0 Å². The molecule has 0 aliphatic rings. The first-order valence-corrected chi connectivity index (χ1v) is 12.5. The number of hydrogen-bond acceptors (Lipinski definition) is 5. The minimum atomic E-state index is -3.68. The van der Waals surface area contributed by atoms with Crippen molar-refractivity contribution in [2.75, 3.05) is 30.3 Å². The molecule has 0 spiro atoms.